The van der Waals surface area contributed by atoms with Gasteiger partial charge >= 0.3 is 5.97 Å². The summed E-state index contributed by atoms with van der Waals surface area (Å²) in [7, 11) is 0. The number of nitrogens with zero attached hydrogens (tertiary/aromatic N) is 2. The van der Waals surface area contributed by atoms with E-state index in [1.54, 1.807) is 43.3 Å². The molecule has 10 nitrogen and oxygen atoms in total. The molecule has 2 aromatic carbocycles. The molecule has 0 radical (unpaired) electrons. The summed E-state index contributed by atoms with van der Waals surface area (Å²) < 4.78 is 12.3. The smallest absolute Gasteiger partial charge is 0.306 e. The number of hydrogen-bond donors (Lipinski definition) is 3. The number of carbonyl (C=O) groups is 3. The summed E-state index contributed by atoms with van der Waals surface area (Å²) in [6.07, 6.45) is 5.14. The molecule has 2 aromatic rings. The molecule has 2 amide bonds. The Morgan fingerprint density at radius 3 is 2.35 bits per heavy atom. The summed E-state index contributed by atoms with van der Waals surface area (Å²) in [5.41, 5.74) is 1.49. The van der Waals surface area contributed by atoms with Gasteiger partial charge in [-0.2, -0.15) is 0 Å². The summed E-state index contributed by atoms with van der Waals surface area (Å²) in [5, 5.41) is 22.9. The van der Waals surface area contributed by atoms with Crippen LogP contribution in [0.5, 0.6) is 5.75 Å². The number of para-hydroxylation sites is 1. The van der Waals surface area contributed by atoms with Gasteiger partial charge in [0.05, 0.1) is 54.0 Å². The second-order valence-corrected chi connectivity index (χ2v) is 14.0. The zero-order chi connectivity index (χ0) is 34.5. The highest BCUT2D eigenvalue weighted by Crippen LogP contribution is 2.34. The number of halogens is 2. The van der Waals surface area contributed by atoms with Crippen LogP contribution in [0.4, 0.5) is 5.69 Å². The third-order valence-corrected chi connectivity index (χ3v) is 10.3. The minimum atomic E-state index is -0.748. The molecule has 2 aliphatic heterocycles. The van der Waals surface area contributed by atoms with Crippen LogP contribution in [-0.4, -0.2) is 94.4 Å². The number of aromatic hydroxyl groups is 1. The average Bonchev–Trinajstić information content (AvgIpc) is 3.48. The van der Waals surface area contributed by atoms with Gasteiger partial charge < -0.3 is 29.9 Å². The van der Waals surface area contributed by atoms with E-state index in [9.17, 15) is 24.6 Å². The van der Waals surface area contributed by atoms with Crippen molar-refractivity contribution in [2.75, 3.05) is 31.6 Å². The van der Waals surface area contributed by atoms with E-state index in [1.807, 2.05) is 4.90 Å². The van der Waals surface area contributed by atoms with Crippen molar-refractivity contribution in [3.8, 4) is 5.75 Å². The van der Waals surface area contributed by atoms with Crippen molar-refractivity contribution in [1.29, 1.82) is 0 Å². The maximum atomic E-state index is 14.0. The molecule has 260 valence electrons. The Morgan fingerprint density at radius 2 is 1.71 bits per heavy atom. The Balaban J connectivity index is 1.27. The van der Waals surface area contributed by atoms with Crippen LogP contribution < -0.4 is 5.32 Å². The number of rotatable bonds is 10. The Kier molecular flexibility index (Phi) is 12.1. The van der Waals surface area contributed by atoms with Gasteiger partial charge in [0.2, 0.25) is 5.91 Å². The number of likely N-dealkylation sites (tertiary alicyclic amines) is 1. The van der Waals surface area contributed by atoms with Crippen molar-refractivity contribution in [1.82, 2.24) is 9.80 Å². The largest absolute Gasteiger partial charge is 0.507 e. The summed E-state index contributed by atoms with van der Waals surface area (Å²) in [4.78, 5) is 42.8. The lowest BCUT2D eigenvalue weighted by Gasteiger charge is -2.38. The quantitative estimate of drug-likeness (QED) is 0.257. The van der Waals surface area contributed by atoms with E-state index in [-0.39, 0.29) is 65.0 Å². The lowest BCUT2D eigenvalue weighted by Crippen LogP contribution is -2.51. The number of phenols is 1. The predicted octanol–water partition coefficient (Wildman–Crippen LogP) is 6.02. The number of aliphatic carboxylic acids is 1. The first-order chi connectivity index (χ1) is 22.9. The molecule has 4 atom stereocenters. The van der Waals surface area contributed by atoms with Crippen molar-refractivity contribution in [3.05, 3.63) is 63.6 Å². The molecule has 5 rings (SSSR count). The number of phenolic OH excluding ortho intramolecular Hbond substituents is 1. The molecule has 0 spiro atoms. The second-order valence-electron chi connectivity index (χ2n) is 13.2. The molecule has 2 saturated heterocycles. The summed E-state index contributed by atoms with van der Waals surface area (Å²) in [6, 6.07) is 9.73. The number of ether oxygens (including phenoxy) is 2. The van der Waals surface area contributed by atoms with E-state index in [0.29, 0.717) is 60.7 Å². The van der Waals surface area contributed by atoms with Gasteiger partial charge in [0, 0.05) is 41.8 Å². The van der Waals surface area contributed by atoms with Crippen molar-refractivity contribution in [3.63, 3.8) is 0 Å². The average molecular weight is 703 g/mol. The second kappa shape index (κ2) is 16.0. The minimum absolute atomic E-state index is 0.0187. The van der Waals surface area contributed by atoms with Crippen LogP contribution in [-0.2, 0) is 30.3 Å². The summed E-state index contributed by atoms with van der Waals surface area (Å²) in [6.45, 7) is 8.35. The van der Waals surface area contributed by atoms with Gasteiger partial charge in [-0.25, -0.2) is 0 Å². The fourth-order valence-electron chi connectivity index (χ4n) is 7.24. The van der Waals surface area contributed by atoms with Gasteiger partial charge in [0.1, 0.15) is 5.75 Å². The highest BCUT2D eigenvalue weighted by molar-refractivity contribution is 6.37. The van der Waals surface area contributed by atoms with Crippen LogP contribution in [0.3, 0.4) is 0 Å². The number of amides is 2. The number of hydrogen-bond acceptors (Lipinski definition) is 7. The highest BCUT2D eigenvalue weighted by Gasteiger charge is 2.40. The number of nitrogens with one attached hydrogen (secondary N) is 1. The molecule has 1 saturated carbocycles. The fraction of sp³-hybridized carbons (Fsp3) is 0.528. The monoisotopic (exact) mass is 701 g/mol. The van der Waals surface area contributed by atoms with Crippen LogP contribution >= 0.6 is 23.2 Å². The highest BCUT2D eigenvalue weighted by atomic mass is 35.5. The van der Waals surface area contributed by atoms with E-state index >= 15 is 0 Å². The van der Waals surface area contributed by atoms with Crippen molar-refractivity contribution in [2.24, 2.45) is 5.92 Å². The molecule has 3 fully saturated rings. The van der Waals surface area contributed by atoms with Crippen LogP contribution in [0.15, 0.2) is 42.5 Å². The zero-order valence-electron chi connectivity index (χ0n) is 27.7. The first kappa shape index (κ1) is 36.1. The van der Waals surface area contributed by atoms with Gasteiger partial charge in [0.15, 0.2) is 0 Å². The first-order valence-corrected chi connectivity index (χ1v) is 17.5. The predicted molar refractivity (Wildman–Crippen MR) is 185 cm³/mol. The number of carbonyl (C=O) groups excluding carboxylic acids is 2. The number of allylic oxidation sites excluding steroid dienone is 1. The van der Waals surface area contributed by atoms with Gasteiger partial charge in [-0.05, 0) is 76.6 Å². The van der Waals surface area contributed by atoms with Crippen LogP contribution in [0.1, 0.15) is 64.0 Å². The van der Waals surface area contributed by atoms with E-state index < -0.39 is 11.9 Å². The van der Waals surface area contributed by atoms with E-state index in [4.69, 9.17) is 32.7 Å². The van der Waals surface area contributed by atoms with Crippen LogP contribution in [0.25, 0.3) is 5.57 Å². The summed E-state index contributed by atoms with van der Waals surface area (Å²) >= 11 is 13.3. The third-order valence-electron chi connectivity index (χ3n) is 9.68. The molecule has 0 aromatic heterocycles. The molecule has 2 heterocycles. The lowest BCUT2D eigenvalue weighted by atomic mass is 9.87. The number of carboxylic acid groups (broad SMARTS) is 1. The van der Waals surface area contributed by atoms with E-state index in [1.165, 1.54) is 6.07 Å². The number of carboxylic acids is 1. The zero-order valence-corrected chi connectivity index (χ0v) is 29.2. The minimum Gasteiger partial charge on any atom is -0.507 e. The molecule has 0 bridgehead atoms. The van der Waals surface area contributed by atoms with Gasteiger partial charge in [0.25, 0.3) is 5.91 Å². The topological polar surface area (TPSA) is 129 Å². The first-order valence-electron chi connectivity index (χ1n) is 16.7. The van der Waals surface area contributed by atoms with Crippen LogP contribution in [0, 0.1) is 5.92 Å². The Bertz CT molecular complexity index is 1520. The van der Waals surface area contributed by atoms with Gasteiger partial charge in [-0.1, -0.05) is 47.5 Å². The maximum Gasteiger partial charge on any atom is 0.306 e. The summed E-state index contributed by atoms with van der Waals surface area (Å²) in [5.74, 6) is -1.64. The number of benzene rings is 2. The van der Waals surface area contributed by atoms with E-state index in [0.717, 1.165) is 19.5 Å². The Morgan fingerprint density at radius 1 is 1.02 bits per heavy atom. The molecule has 1 aliphatic carbocycles. The molecular weight excluding hydrogens is 657 g/mol. The molecule has 3 N–H and O–H groups in total. The van der Waals surface area contributed by atoms with E-state index in [2.05, 4.69) is 24.1 Å². The Labute approximate surface area is 292 Å². The van der Waals surface area contributed by atoms with Crippen molar-refractivity contribution < 1.29 is 34.1 Å². The van der Waals surface area contributed by atoms with Crippen molar-refractivity contribution in [2.45, 2.75) is 89.7 Å². The molecule has 3 aliphatic rings. The molecule has 12 heteroatoms. The molecule has 48 heavy (non-hydrogen) atoms. The van der Waals surface area contributed by atoms with Crippen molar-refractivity contribution >= 4 is 52.2 Å². The standard InChI is InChI=1S/C36H45Cl2N3O7/c1-4-28(29-7-5-6-8-33(29)42)35(44)39-32-16-30(37)24(13-31(32)38)14-34(43)41-19-25(40-17-21(2)48-22(3)18-40)15-26(41)20-47-27-11-9-23(10-12-27)36(45)46/h4-8,13,16,21-23,25-27,42H,9-12,14-15,17-20H2,1-3H3,(H,39,44)(H,45,46)/b28-4+/t21-,22+,23-,25-,26-,27-/m0/s1. The van der Waals surface area contributed by atoms with Gasteiger partial charge in [-0.15, -0.1) is 0 Å². The lowest BCUT2D eigenvalue weighted by molar-refractivity contribution is -0.144. The number of anilines is 1. The fourth-order valence-corrected chi connectivity index (χ4v) is 7.71. The van der Waals surface area contributed by atoms with Crippen LogP contribution in [0.2, 0.25) is 10.0 Å². The van der Waals surface area contributed by atoms with Gasteiger partial charge in [-0.3, -0.25) is 19.3 Å². The molecule has 0 unspecified atom stereocenters. The normalized spacial score (nSPS) is 26.8. The molecular formula is C36H45Cl2N3O7. The SMILES string of the molecule is C/C=C(/C(=O)Nc1cc(Cl)c(CC(=O)N2C[C@@H](N3C[C@@H](C)O[C@@H](C)C3)C[C@H]2CO[C@H]2CC[C@H](C(=O)O)CC2)cc1Cl)c1ccccc1O. The Hall–Kier alpha value is -3.15. The maximum absolute atomic E-state index is 14.0. The third kappa shape index (κ3) is 8.71. The number of morpholine rings is 1.